The Morgan fingerprint density at radius 1 is 1.19 bits per heavy atom. The van der Waals surface area contributed by atoms with Crippen LogP contribution in [0.2, 0.25) is 0 Å². The molecule has 1 aliphatic heterocycles. The molecule has 6 nitrogen and oxygen atoms in total. The van der Waals surface area contributed by atoms with Gasteiger partial charge >= 0.3 is 0 Å². The van der Waals surface area contributed by atoms with Crippen LogP contribution in [0.1, 0.15) is 38.7 Å². The van der Waals surface area contributed by atoms with E-state index < -0.39 is 15.4 Å². The van der Waals surface area contributed by atoms with Gasteiger partial charge in [-0.3, -0.25) is 4.79 Å². The Balaban J connectivity index is 1.47. The fraction of sp³-hybridized carbons (Fsp3) is 0.632. The van der Waals surface area contributed by atoms with E-state index in [1.165, 1.54) is 0 Å². The zero-order valence-corrected chi connectivity index (χ0v) is 16.0. The van der Waals surface area contributed by atoms with Gasteiger partial charge in [-0.15, -0.1) is 0 Å². The number of fused-ring (bicyclic) bond motifs is 3. The van der Waals surface area contributed by atoms with Crippen molar-refractivity contribution >= 4 is 15.8 Å². The predicted molar refractivity (Wildman–Crippen MR) is 96.6 cm³/mol. The van der Waals surface area contributed by atoms with Crippen LogP contribution >= 0.6 is 0 Å². The molecule has 0 spiro atoms. The van der Waals surface area contributed by atoms with Crippen molar-refractivity contribution in [1.29, 1.82) is 0 Å². The molecule has 4 rings (SSSR count). The molecule has 0 saturated heterocycles. The molecule has 1 heterocycles. The maximum Gasteiger partial charge on any atom is 0.212 e. The minimum Gasteiger partial charge on any atom is -0.486 e. The highest BCUT2D eigenvalue weighted by atomic mass is 32.2. The van der Waals surface area contributed by atoms with Gasteiger partial charge in [0.15, 0.2) is 11.5 Å². The van der Waals surface area contributed by atoms with E-state index in [9.17, 15) is 13.2 Å². The minimum atomic E-state index is -3.58. The van der Waals surface area contributed by atoms with Gasteiger partial charge in [0.25, 0.3) is 0 Å². The Labute approximate surface area is 154 Å². The SMILES string of the molecule is CC1(C)C2CCC1(CS(=O)(=O)NCc1ccc3c(c1)OCCO3)C(=O)C2. The van der Waals surface area contributed by atoms with Crippen LogP contribution in [0.5, 0.6) is 11.5 Å². The van der Waals surface area contributed by atoms with Crippen molar-refractivity contribution in [2.75, 3.05) is 19.0 Å². The summed E-state index contributed by atoms with van der Waals surface area (Å²) in [6, 6.07) is 5.41. The van der Waals surface area contributed by atoms with Crippen LogP contribution in [-0.2, 0) is 21.4 Å². The molecule has 2 aliphatic carbocycles. The monoisotopic (exact) mass is 379 g/mol. The second kappa shape index (κ2) is 5.96. The molecule has 0 radical (unpaired) electrons. The van der Waals surface area contributed by atoms with Crippen LogP contribution in [0.3, 0.4) is 0 Å². The van der Waals surface area contributed by atoms with Crippen molar-refractivity contribution < 1.29 is 22.7 Å². The summed E-state index contributed by atoms with van der Waals surface area (Å²) in [5.74, 6) is 1.62. The number of ketones is 1. The second-order valence-electron chi connectivity index (χ2n) is 8.22. The first-order valence-electron chi connectivity index (χ1n) is 9.13. The lowest BCUT2D eigenvalue weighted by molar-refractivity contribution is -0.128. The van der Waals surface area contributed by atoms with Gasteiger partial charge in [0.1, 0.15) is 19.0 Å². The van der Waals surface area contributed by atoms with Crippen LogP contribution in [0.25, 0.3) is 0 Å². The van der Waals surface area contributed by atoms with E-state index in [1.807, 2.05) is 19.9 Å². The van der Waals surface area contributed by atoms with E-state index >= 15 is 0 Å². The molecule has 2 bridgehead atoms. The molecule has 3 aliphatic rings. The number of carbonyl (C=O) groups excluding carboxylic acids is 1. The quantitative estimate of drug-likeness (QED) is 0.849. The van der Waals surface area contributed by atoms with Gasteiger partial charge in [-0.05, 0) is 41.9 Å². The van der Waals surface area contributed by atoms with E-state index in [-0.39, 0.29) is 23.5 Å². The summed E-state index contributed by atoms with van der Waals surface area (Å²) in [5, 5.41) is 0. The minimum absolute atomic E-state index is 0.114. The summed E-state index contributed by atoms with van der Waals surface area (Å²) in [6.07, 6.45) is 2.13. The van der Waals surface area contributed by atoms with E-state index in [1.54, 1.807) is 12.1 Å². The zero-order valence-electron chi connectivity index (χ0n) is 15.2. The van der Waals surface area contributed by atoms with Gasteiger partial charge in [0.05, 0.1) is 5.75 Å². The van der Waals surface area contributed by atoms with Crippen molar-refractivity contribution in [3.63, 3.8) is 0 Å². The number of carbonyl (C=O) groups is 1. The number of rotatable bonds is 5. The number of hydrogen-bond acceptors (Lipinski definition) is 5. The third kappa shape index (κ3) is 2.72. The van der Waals surface area contributed by atoms with Gasteiger partial charge in [-0.2, -0.15) is 0 Å². The van der Waals surface area contributed by atoms with E-state index in [2.05, 4.69) is 4.72 Å². The summed E-state index contributed by atoms with van der Waals surface area (Å²) in [5.41, 5.74) is -0.191. The Morgan fingerprint density at radius 3 is 2.58 bits per heavy atom. The molecule has 2 saturated carbocycles. The predicted octanol–water partition coefficient (Wildman–Crippen LogP) is 2.27. The number of benzene rings is 1. The molecule has 1 aromatic carbocycles. The van der Waals surface area contributed by atoms with Gasteiger partial charge in [-0.1, -0.05) is 19.9 Å². The Hall–Kier alpha value is -1.60. The van der Waals surface area contributed by atoms with Crippen molar-refractivity contribution in [1.82, 2.24) is 4.72 Å². The van der Waals surface area contributed by atoms with Crippen molar-refractivity contribution in [2.24, 2.45) is 16.7 Å². The van der Waals surface area contributed by atoms with Crippen LogP contribution in [0.4, 0.5) is 0 Å². The van der Waals surface area contributed by atoms with E-state index in [0.29, 0.717) is 43.5 Å². The molecule has 2 atom stereocenters. The molecule has 2 fully saturated rings. The van der Waals surface area contributed by atoms with Crippen molar-refractivity contribution in [3.05, 3.63) is 23.8 Å². The third-order valence-electron chi connectivity index (χ3n) is 6.68. The number of sulfonamides is 1. The van der Waals surface area contributed by atoms with Gasteiger partial charge < -0.3 is 9.47 Å². The lowest BCUT2D eigenvalue weighted by Gasteiger charge is -2.36. The first kappa shape index (κ1) is 17.8. The van der Waals surface area contributed by atoms with Crippen LogP contribution < -0.4 is 14.2 Å². The summed E-state index contributed by atoms with van der Waals surface area (Å²) in [7, 11) is -3.58. The molecule has 1 N–H and O–H groups in total. The fourth-order valence-corrected chi connectivity index (χ4v) is 6.69. The maximum atomic E-state index is 12.7. The highest BCUT2D eigenvalue weighted by molar-refractivity contribution is 7.89. The van der Waals surface area contributed by atoms with E-state index in [0.717, 1.165) is 12.0 Å². The standard InChI is InChI=1S/C19H25NO5S/c1-18(2)14-5-6-19(18,17(21)10-14)12-26(22,23)20-11-13-3-4-15-16(9-13)25-8-7-24-15/h3-4,9,14,20H,5-8,10-12H2,1-2H3. The number of ether oxygens (including phenoxy) is 2. The molecule has 1 aromatic rings. The molecule has 2 unspecified atom stereocenters. The molecule has 7 heteroatoms. The van der Waals surface area contributed by atoms with Crippen molar-refractivity contribution in [3.8, 4) is 11.5 Å². The lowest BCUT2D eigenvalue weighted by atomic mass is 9.70. The van der Waals surface area contributed by atoms with Gasteiger partial charge in [0, 0.05) is 18.4 Å². The van der Waals surface area contributed by atoms with Crippen LogP contribution in [-0.4, -0.2) is 33.2 Å². The average Bonchev–Trinajstić information content (AvgIpc) is 2.94. The zero-order chi connectivity index (χ0) is 18.6. The number of nitrogens with one attached hydrogen (secondary N) is 1. The molecule has 0 aromatic heterocycles. The Kier molecular flexibility index (Phi) is 4.08. The number of hydrogen-bond donors (Lipinski definition) is 1. The highest BCUT2D eigenvalue weighted by Gasteiger charge is 2.65. The normalized spacial score (nSPS) is 29.2. The molecular formula is C19H25NO5S. The van der Waals surface area contributed by atoms with Gasteiger partial charge in [-0.25, -0.2) is 13.1 Å². The molecule has 142 valence electrons. The molecular weight excluding hydrogens is 354 g/mol. The van der Waals surface area contributed by atoms with Crippen molar-refractivity contribution in [2.45, 2.75) is 39.7 Å². The Morgan fingerprint density at radius 2 is 1.92 bits per heavy atom. The summed E-state index contributed by atoms with van der Waals surface area (Å²) >= 11 is 0. The van der Waals surface area contributed by atoms with Crippen LogP contribution in [0, 0.1) is 16.7 Å². The summed E-state index contributed by atoms with van der Waals surface area (Å²) in [6.45, 7) is 5.28. The highest BCUT2D eigenvalue weighted by Crippen LogP contribution is 2.64. The van der Waals surface area contributed by atoms with Gasteiger partial charge in [0.2, 0.25) is 10.0 Å². The largest absolute Gasteiger partial charge is 0.486 e. The first-order valence-corrected chi connectivity index (χ1v) is 10.8. The first-order chi connectivity index (χ1) is 12.2. The van der Waals surface area contributed by atoms with Crippen LogP contribution in [0.15, 0.2) is 18.2 Å². The average molecular weight is 379 g/mol. The number of Topliss-reactive ketones (excluding diaryl/α,β-unsaturated/α-hetero) is 1. The topological polar surface area (TPSA) is 81.7 Å². The Bertz CT molecular complexity index is 847. The van der Waals surface area contributed by atoms with E-state index in [4.69, 9.17) is 9.47 Å². The molecule has 0 amide bonds. The second-order valence-corrected chi connectivity index (χ2v) is 10.0. The summed E-state index contributed by atoms with van der Waals surface area (Å²) in [4.78, 5) is 12.6. The smallest absolute Gasteiger partial charge is 0.212 e. The fourth-order valence-electron chi connectivity index (χ4n) is 4.87. The third-order valence-corrected chi connectivity index (χ3v) is 8.14. The summed E-state index contributed by atoms with van der Waals surface area (Å²) < 4.78 is 39.2. The lowest BCUT2D eigenvalue weighted by Crippen LogP contribution is -2.45. The maximum absolute atomic E-state index is 12.7. The molecule has 26 heavy (non-hydrogen) atoms.